The van der Waals surface area contributed by atoms with Gasteiger partial charge >= 0.3 is 17.3 Å². The molecule has 0 aliphatic heterocycles. The maximum absolute atomic E-state index is 11.3. The topological polar surface area (TPSA) is 205 Å². The van der Waals surface area contributed by atoms with Gasteiger partial charge in [-0.2, -0.15) is 0 Å². The number of nitrogens with one attached hydrogen (secondary N) is 1. The molecule has 13 nitrogen and oxygen atoms in total. The standard InChI is InChI=1S/C12H15N5O8/c13-4-2-1-3-8(12(18)19)14-11-9(16(22)23)5-7(15(20)21)6-10(11)17(24)25/h5-6,8,14H,1-4,13H2,(H,18,19)/t8-/m0/s1. The van der Waals surface area contributed by atoms with Crippen LogP contribution in [-0.2, 0) is 4.79 Å². The molecule has 0 saturated heterocycles. The highest BCUT2D eigenvalue weighted by molar-refractivity contribution is 5.83. The zero-order valence-electron chi connectivity index (χ0n) is 12.8. The molecule has 4 N–H and O–H groups in total. The molecule has 0 spiro atoms. The molecule has 0 heterocycles. The first-order valence-corrected chi connectivity index (χ1v) is 6.99. The van der Waals surface area contributed by atoms with Gasteiger partial charge in [-0.3, -0.25) is 30.3 Å². The number of unbranched alkanes of at least 4 members (excludes halogenated alkanes) is 1. The molecule has 1 aromatic rings. The second kappa shape index (κ2) is 8.49. The van der Waals surface area contributed by atoms with Crippen LogP contribution in [0, 0.1) is 30.3 Å². The third-order valence-electron chi connectivity index (χ3n) is 3.25. The van der Waals surface area contributed by atoms with E-state index in [4.69, 9.17) is 5.73 Å². The van der Waals surface area contributed by atoms with E-state index in [9.17, 15) is 40.2 Å². The highest BCUT2D eigenvalue weighted by atomic mass is 16.6. The van der Waals surface area contributed by atoms with Crippen molar-refractivity contribution in [3.05, 3.63) is 42.5 Å². The van der Waals surface area contributed by atoms with Crippen molar-refractivity contribution in [2.75, 3.05) is 11.9 Å². The SMILES string of the molecule is NCCCC[C@H](Nc1c([N+](=O)[O-])cc([N+](=O)[O-])cc1[N+](=O)[O-])C(=O)O. The minimum Gasteiger partial charge on any atom is -0.480 e. The Bertz CT molecular complexity index is 672. The molecule has 25 heavy (non-hydrogen) atoms. The predicted molar refractivity (Wildman–Crippen MR) is 84.4 cm³/mol. The van der Waals surface area contributed by atoms with Gasteiger partial charge in [0.15, 0.2) is 5.69 Å². The molecule has 0 unspecified atom stereocenters. The van der Waals surface area contributed by atoms with Crippen LogP contribution in [0.4, 0.5) is 22.7 Å². The van der Waals surface area contributed by atoms with Gasteiger partial charge in [0.25, 0.3) is 5.69 Å². The van der Waals surface area contributed by atoms with Crippen LogP contribution >= 0.6 is 0 Å². The second-order valence-corrected chi connectivity index (χ2v) is 4.95. The van der Waals surface area contributed by atoms with Crippen molar-refractivity contribution in [1.29, 1.82) is 0 Å². The number of rotatable bonds is 10. The minimum atomic E-state index is -1.38. The van der Waals surface area contributed by atoms with Gasteiger partial charge in [-0.25, -0.2) is 4.79 Å². The third kappa shape index (κ3) is 5.07. The van der Waals surface area contributed by atoms with Crippen molar-refractivity contribution in [2.24, 2.45) is 5.73 Å². The number of non-ortho nitro benzene ring substituents is 1. The van der Waals surface area contributed by atoms with Crippen LogP contribution in [0.5, 0.6) is 0 Å². The van der Waals surface area contributed by atoms with E-state index in [1.54, 1.807) is 0 Å². The van der Waals surface area contributed by atoms with Crippen LogP contribution in [0.2, 0.25) is 0 Å². The zero-order chi connectivity index (χ0) is 19.1. The lowest BCUT2D eigenvalue weighted by Crippen LogP contribution is -2.30. The number of nitro benzene ring substituents is 3. The number of aliphatic carboxylic acids is 1. The van der Waals surface area contributed by atoms with Gasteiger partial charge in [-0.15, -0.1) is 0 Å². The highest BCUT2D eigenvalue weighted by Gasteiger charge is 2.33. The summed E-state index contributed by atoms with van der Waals surface area (Å²) >= 11 is 0. The molecule has 13 heteroatoms. The van der Waals surface area contributed by atoms with Crippen LogP contribution in [0.3, 0.4) is 0 Å². The average Bonchev–Trinajstić information content (AvgIpc) is 2.52. The van der Waals surface area contributed by atoms with E-state index in [1.807, 2.05) is 0 Å². The third-order valence-corrected chi connectivity index (χ3v) is 3.25. The van der Waals surface area contributed by atoms with Crippen molar-refractivity contribution in [2.45, 2.75) is 25.3 Å². The number of benzene rings is 1. The summed E-state index contributed by atoms with van der Waals surface area (Å²) in [4.78, 5) is 41.3. The molecule has 0 fully saturated rings. The number of nitro groups is 3. The van der Waals surface area contributed by atoms with Crippen molar-refractivity contribution in [3.63, 3.8) is 0 Å². The zero-order valence-corrected chi connectivity index (χ0v) is 12.8. The number of anilines is 1. The first-order valence-electron chi connectivity index (χ1n) is 6.99. The smallest absolute Gasteiger partial charge is 0.326 e. The number of hydrogen-bond acceptors (Lipinski definition) is 9. The molecular formula is C12H15N5O8. The molecule has 0 bridgehead atoms. The maximum Gasteiger partial charge on any atom is 0.326 e. The number of carboxylic acid groups (broad SMARTS) is 1. The molecule has 0 saturated carbocycles. The van der Waals surface area contributed by atoms with Gasteiger partial charge < -0.3 is 16.2 Å². The van der Waals surface area contributed by atoms with Crippen LogP contribution in [0.15, 0.2) is 12.1 Å². The summed E-state index contributed by atoms with van der Waals surface area (Å²) in [6, 6.07) is -0.284. The lowest BCUT2D eigenvalue weighted by molar-refractivity contribution is -0.401. The molecule has 0 aromatic heterocycles. The van der Waals surface area contributed by atoms with Crippen LogP contribution < -0.4 is 11.1 Å². The van der Waals surface area contributed by atoms with Crippen molar-refractivity contribution >= 4 is 28.7 Å². The molecule has 1 aromatic carbocycles. The number of nitrogens with zero attached hydrogens (tertiary/aromatic N) is 3. The van der Waals surface area contributed by atoms with E-state index >= 15 is 0 Å². The summed E-state index contributed by atoms with van der Waals surface area (Å²) < 4.78 is 0. The van der Waals surface area contributed by atoms with Gasteiger partial charge in [0.2, 0.25) is 0 Å². The average molecular weight is 357 g/mol. The molecule has 136 valence electrons. The maximum atomic E-state index is 11.3. The Balaban J connectivity index is 3.39. The normalized spacial score (nSPS) is 11.6. The van der Waals surface area contributed by atoms with Crippen molar-refractivity contribution in [1.82, 2.24) is 0 Å². The van der Waals surface area contributed by atoms with Crippen molar-refractivity contribution in [3.8, 4) is 0 Å². The van der Waals surface area contributed by atoms with Crippen LogP contribution in [0.1, 0.15) is 19.3 Å². The van der Waals surface area contributed by atoms with E-state index in [2.05, 4.69) is 5.32 Å². The molecule has 0 aliphatic rings. The van der Waals surface area contributed by atoms with Gasteiger partial charge in [-0.05, 0) is 25.8 Å². The summed E-state index contributed by atoms with van der Waals surface area (Å²) in [6.07, 6.45) is 0.878. The fraction of sp³-hybridized carbons (Fsp3) is 0.417. The van der Waals surface area contributed by atoms with E-state index in [0.717, 1.165) is 0 Å². The number of nitrogens with two attached hydrogens (primary N) is 1. The van der Waals surface area contributed by atoms with E-state index < -0.39 is 49.5 Å². The van der Waals surface area contributed by atoms with Gasteiger partial charge in [0.05, 0.1) is 26.9 Å². The largest absolute Gasteiger partial charge is 0.480 e. The summed E-state index contributed by atoms with van der Waals surface area (Å²) in [6.45, 7) is 0.310. The number of hydrogen-bond donors (Lipinski definition) is 3. The van der Waals surface area contributed by atoms with E-state index in [1.165, 1.54) is 0 Å². The summed E-state index contributed by atoms with van der Waals surface area (Å²) in [7, 11) is 0. The van der Waals surface area contributed by atoms with Crippen molar-refractivity contribution < 1.29 is 24.7 Å². The second-order valence-electron chi connectivity index (χ2n) is 4.95. The Morgan fingerprint density at radius 1 is 1.08 bits per heavy atom. The Morgan fingerprint density at radius 3 is 1.96 bits per heavy atom. The van der Waals surface area contributed by atoms with Gasteiger partial charge in [-0.1, -0.05) is 0 Å². The summed E-state index contributed by atoms with van der Waals surface area (Å²) in [5, 5.41) is 44.5. The fourth-order valence-corrected chi connectivity index (χ4v) is 2.06. The first-order chi connectivity index (χ1) is 11.7. The van der Waals surface area contributed by atoms with E-state index in [-0.39, 0.29) is 6.42 Å². The Kier molecular flexibility index (Phi) is 6.69. The monoisotopic (exact) mass is 357 g/mol. The van der Waals surface area contributed by atoms with E-state index in [0.29, 0.717) is 31.5 Å². The molecule has 0 aliphatic carbocycles. The lowest BCUT2D eigenvalue weighted by atomic mass is 10.1. The quantitative estimate of drug-likeness (QED) is 0.311. The van der Waals surface area contributed by atoms with Gasteiger partial charge in [0.1, 0.15) is 6.04 Å². The molecule has 0 radical (unpaired) electrons. The number of carboxylic acids is 1. The fourth-order valence-electron chi connectivity index (χ4n) is 2.06. The van der Waals surface area contributed by atoms with Crippen LogP contribution in [0.25, 0.3) is 0 Å². The molecule has 0 amide bonds. The molecular weight excluding hydrogens is 342 g/mol. The predicted octanol–water partition coefficient (Wildman–Crippen LogP) is 1.41. The Morgan fingerprint density at radius 2 is 1.60 bits per heavy atom. The first kappa shape index (κ1) is 19.7. The minimum absolute atomic E-state index is 0.0117. The summed E-state index contributed by atoms with van der Waals surface area (Å²) in [5.74, 6) is -1.38. The van der Waals surface area contributed by atoms with Gasteiger partial charge in [0, 0.05) is 0 Å². The highest BCUT2D eigenvalue weighted by Crippen LogP contribution is 2.39. The lowest BCUT2D eigenvalue weighted by Gasteiger charge is -2.15. The molecule has 1 atom stereocenters. The number of carbonyl (C=O) groups is 1. The molecule has 1 rings (SSSR count). The Hall–Kier alpha value is -3.35. The summed E-state index contributed by atoms with van der Waals surface area (Å²) in [5.41, 5.74) is 1.86. The van der Waals surface area contributed by atoms with Crippen LogP contribution in [-0.4, -0.2) is 38.4 Å². The Labute approximate surface area is 139 Å².